The maximum atomic E-state index is 12.0. The largest absolute Gasteiger partial charge is 0.458 e. The molecule has 1 spiro atoms. The molecule has 0 aromatic heterocycles. The van der Waals surface area contributed by atoms with Crippen LogP contribution in [0.15, 0.2) is 23.3 Å². The minimum Gasteiger partial charge on any atom is -0.458 e. The van der Waals surface area contributed by atoms with Crippen molar-refractivity contribution < 1.29 is 29.3 Å². The molecule has 10 aliphatic carbocycles. The first-order valence-electron chi connectivity index (χ1n) is 21.0. The van der Waals surface area contributed by atoms with Gasteiger partial charge in [-0.3, -0.25) is 14.4 Å². The zero-order chi connectivity index (χ0) is 34.4. The minimum atomic E-state index is -0.547. The van der Waals surface area contributed by atoms with Gasteiger partial charge in [0.15, 0.2) is 11.6 Å². The molecule has 12 unspecified atom stereocenters. The van der Waals surface area contributed by atoms with Gasteiger partial charge in [-0.05, 0) is 179 Å². The summed E-state index contributed by atoms with van der Waals surface area (Å²) in [6.07, 6.45) is 22.8. The molecule has 50 heavy (non-hydrogen) atoms. The predicted molar refractivity (Wildman–Crippen MR) is 188 cm³/mol. The lowest BCUT2D eigenvalue weighted by Gasteiger charge is -2.57. The maximum absolute atomic E-state index is 12.0. The Bertz CT molecular complexity index is 1560. The lowest BCUT2D eigenvalue weighted by atomic mass is 9.49. The third-order valence-corrected chi connectivity index (χ3v) is 18.6. The highest BCUT2D eigenvalue weighted by Gasteiger charge is 2.79. The van der Waals surface area contributed by atoms with Crippen LogP contribution in [0, 0.1) is 81.8 Å². The highest BCUT2D eigenvalue weighted by atomic mass is 16.6. The van der Waals surface area contributed by atoms with E-state index in [0.717, 1.165) is 106 Å². The minimum absolute atomic E-state index is 0.0443. The van der Waals surface area contributed by atoms with Gasteiger partial charge in [-0.1, -0.05) is 25.0 Å². The molecule has 1 aliphatic heterocycles. The summed E-state index contributed by atoms with van der Waals surface area (Å²) >= 11 is 0. The molecule has 0 aromatic carbocycles. The van der Waals surface area contributed by atoms with Gasteiger partial charge in [0, 0.05) is 37.2 Å². The van der Waals surface area contributed by atoms with E-state index in [1.54, 1.807) is 0 Å². The summed E-state index contributed by atoms with van der Waals surface area (Å²) in [6.45, 7) is 5.03. The van der Waals surface area contributed by atoms with Crippen LogP contribution in [0.4, 0.5) is 0 Å². The van der Waals surface area contributed by atoms with Crippen LogP contribution >= 0.6 is 0 Å². The van der Waals surface area contributed by atoms with Gasteiger partial charge < -0.3 is 14.9 Å². The molecular weight excluding hydrogens is 624 g/mol. The topological polar surface area (TPSA) is 101 Å². The van der Waals surface area contributed by atoms with Gasteiger partial charge in [-0.15, -0.1) is 0 Å². The number of carbonyl (C=O) groups is 3. The van der Waals surface area contributed by atoms with Crippen molar-refractivity contribution in [1.29, 1.82) is 0 Å². The standard InChI is InChI=1S/C22H28O3.C22H32O3/c1-21-8-6-15-14-5-3-13(23)10-12(14)2-4-16(15)20(21)17-11-18(17)22(21)9-7-19(24)25-22;1-21-9-7-16-15-6-4-14(24)11-13(15)3-5-17(16)20(21)18-12-19(18)22(21,25)8-2-10-23/h10,14-18,20H,2-9,11H2,1H3;11,15-20,23,25H,2-10,12H2,1H3/t14?,15?,16?,17?,18?,20?,21-,22-;15?,16?,17?,18?,19?,20?,21-,22-/m00/s1. The van der Waals surface area contributed by atoms with Crippen LogP contribution in [0.25, 0.3) is 0 Å². The number of aliphatic hydroxyl groups is 2. The van der Waals surface area contributed by atoms with Crippen molar-refractivity contribution in [3.05, 3.63) is 23.3 Å². The van der Waals surface area contributed by atoms with Crippen LogP contribution in [0.2, 0.25) is 0 Å². The molecule has 0 bridgehead atoms. The fourth-order valence-corrected chi connectivity index (χ4v) is 16.7. The van der Waals surface area contributed by atoms with E-state index in [0.29, 0.717) is 47.6 Å². The number of allylic oxidation sites excluding steroid dienone is 2. The lowest BCUT2D eigenvalue weighted by molar-refractivity contribution is -0.174. The Hall–Kier alpha value is -1.79. The van der Waals surface area contributed by atoms with Crippen molar-refractivity contribution in [2.45, 2.75) is 141 Å². The van der Waals surface area contributed by atoms with Crippen molar-refractivity contribution >= 4 is 17.5 Å². The van der Waals surface area contributed by atoms with Crippen LogP contribution < -0.4 is 0 Å². The number of hydrogen-bond acceptors (Lipinski definition) is 6. The normalized spacial score (nSPS) is 54.6. The summed E-state index contributed by atoms with van der Waals surface area (Å²) in [5.74, 6) is 9.19. The molecule has 6 nitrogen and oxygen atoms in total. The Labute approximate surface area is 298 Å². The zero-order valence-electron chi connectivity index (χ0n) is 30.5. The Balaban J connectivity index is 0.000000127. The molecule has 16 atom stereocenters. The van der Waals surface area contributed by atoms with Gasteiger partial charge in [0.2, 0.25) is 0 Å². The van der Waals surface area contributed by atoms with Crippen LogP contribution in [-0.4, -0.2) is 45.6 Å². The van der Waals surface area contributed by atoms with Crippen molar-refractivity contribution in [3.63, 3.8) is 0 Å². The molecule has 11 aliphatic rings. The van der Waals surface area contributed by atoms with E-state index in [2.05, 4.69) is 13.8 Å². The summed E-state index contributed by atoms with van der Waals surface area (Å²) in [7, 11) is 0. The Morgan fingerprint density at radius 1 is 0.660 bits per heavy atom. The van der Waals surface area contributed by atoms with Crippen molar-refractivity contribution in [1.82, 2.24) is 0 Å². The van der Waals surface area contributed by atoms with Gasteiger partial charge in [0.25, 0.3) is 0 Å². The zero-order valence-corrected chi connectivity index (χ0v) is 30.5. The first-order valence-corrected chi connectivity index (χ1v) is 21.0. The average molecular weight is 685 g/mol. The number of ketones is 2. The first kappa shape index (κ1) is 32.8. The quantitative estimate of drug-likeness (QED) is 0.298. The fourth-order valence-electron chi connectivity index (χ4n) is 16.7. The van der Waals surface area contributed by atoms with Gasteiger partial charge in [0.1, 0.15) is 5.60 Å². The third kappa shape index (κ3) is 4.30. The highest BCUT2D eigenvalue weighted by Crippen LogP contribution is 2.79. The van der Waals surface area contributed by atoms with Gasteiger partial charge in [-0.25, -0.2) is 0 Å². The van der Waals surface area contributed by atoms with Gasteiger partial charge in [0.05, 0.1) is 5.60 Å². The summed E-state index contributed by atoms with van der Waals surface area (Å²) in [6, 6.07) is 0. The molecule has 11 rings (SSSR count). The molecule has 9 fully saturated rings. The van der Waals surface area contributed by atoms with E-state index in [9.17, 15) is 24.6 Å². The van der Waals surface area contributed by atoms with E-state index in [4.69, 9.17) is 4.74 Å². The smallest absolute Gasteiger partial charge is 0.306 e. The summed E-state index contributed by atoms with van der Waals surface area (Å²) < 4.78 is 6.14. The molecule has 0 amide bonds. The molecule has 6 heteroatoms. The molecular formula is C44H60O6. The van der Waals surface area contributed by atoms with E-state index in [-0.39, 0.29) is 29.0 Å². The van der Waals surface area contributed by atoms with Crippen molar-refractivity contribution in [2.75, 3.05) is 6.61 Å². The highest BCUT2D eigenvalue weighted by molar-refractivity contribution is 5.91. The maximum Gasteiger partial charge on any atom is 0.306 e. The molecule has 272 valence electrons. The SMILES string of the molecule is C[C@]12CCC3C4CCC(=O)C=C4CCC3C1C1CC1[C@@]2(O)CCCO.C[C@]12CCC3C4CCC(=O)C=C4CCC3C1C1CC1[C@@]21CCC(=O)O1. The number of esters is 1. The second-order valence-electron chi connectivity index (χ2n) is 20.0. The second-order valence-corrected chi connectivity index (χ2v) is 20.0. The molecule has 0 radical (unpaired) electrons. The fraction of sp³-hybridized carbons (Fsp3) is 0.841. The third-order valence-electron chi connectivity index (χ3n) is 18.6. The van der Waals surface area contributed by atoms with E-state index >= 15 is 0 Å². The molecule has 2 N–H and O–H groups in total. The summed E-state index contributed by atoms with van der Waals surface area (Å²) in [5.41, 5.74) is 2.50. The lowest BCUT2D eigenvalue weighted by Crippen LogP contribution is -2.55. The Morgan fingerprint density at radius 3 is 1.80 bits per heavy atom. The van der Waals surface area contributed by atoms with Crippen molar-refractivity contribution in [2.24, 2.45) is 81.8 Å². The van der Waals surface area contributed by atoms with E-state index < -0.39 is 5.60 Å². The Morgan fingerprint density at radius 2 is 1.22 bits per heavy atom. The second kappa shape index (κ2) is 11.1. The van der Waals surface area contributed by atoms with E-state index in [1.165, 1.54) is 56.1 Å². The van der Waals surface area contributed by atoms with Crippen molar-refractivity contribution in [3.8, 4) is 0 Å². The number of fused-ring (bicyclic) bond motifs is 16. The molecule has 1 saturated heterocycles. The number of ether oxygens (including phenoxy) is 1. The van der Waals surface area contributed by atoms with Gasteiger partial charge in [-0.2, -0.15) is 0 Å². The molecule has 8 saturated carbocycles. The molecule has 1 heterocycles. The average Bonchev–Trinajstić information content (AvgIpc) is 4.01. The number of aliphatic hydroxyl groups excluding tert-OH is 1. The summed E-state index contributed by atoms with van der Waals surface area (Å²) in [4.78, 5) is 35.7. The van der Waals surface area contributed by atoms with Crippen LogP contribution in [0.5, 0.6) is 0 Å². The number of carbonyl (C=O) groups excluding carboxylic acids is 3. The van der Waals surface area contributed by atoms with Gasteiger partial charge >= 0.3 is 5.97 Å². The number of rotatable bonds is 3. The number of hydrogen-bond donors (Lipinski definition) is 2. The molecule has 0 aromatic rings. The monoisotopic (exact) mass is 684 g/mol. The van der Waals surface area contributed by atoms with Crippen LogP contribution in [-0.2, 0) is 19.1 Å². The predicted octanol–water partition coefficient (Wildman–Crippen LogP) is 7.55. The summed E-state index contributed by atoms with van der Waals surface area (Å²) in [5, 5.41) is 21.0. The van der Waals surface area contributed by atoms with Crippen LogP contribution in [0.3, 0.4) is 0 Å². The van der Waals surface area contributed by atoms with Crippen LogP contribution in [0.1, 0.15) is 129 Å². The Kier molecular flexibility index (Phi) is 7.30. The first-order chi connectivity index (χ1) is 24.0. The van der Waals surface area contributed by atoms with E-state index in [1.807, 2.05) is 12.2 Å².